The van der Waals surface area contributed by atoms with Crippen molar-refractivity contribution in [2.24, 2.45) is 5.41 Å². The molecule has 1 atom stereocenters. The van der Waals surface area contributed by atoms with Gasteiger partial charge in [0.25, 0.3) is 15.9 Å². The smallest absolute Gasteiger partial charge is 0.407 e. The number of rotatable bonds is 4. The summed E-state index contributed by atoms with van der Waals surface area (Å²) in [5.41, 5.74) is 3.37. The van der Waals surface area contributed by atoms with Crippen molar-refractivity contribution in [3.63, 3.8) is 0 Å². The average molecular weight is 622 g/mol. The number of amides is 2. The van der Waals surface area contributed by atoms with Crippen LogP contribution in [0.25, 0.3) is 11.3 Å². The molecule has 3 aromatic rings. The van der Waals surface area contributed by atoms with Gasteiger partial charge in [-0.2, -0.15) is 4.98 Å². The van der Waals surface area contributed by atoms with E-state index in [0.717, 1.165) is 16.7 Å². The second-order valence-corrected chi connectivity index (χ2v) is 14.4. The summed E-state index contributed by atoms with van der Waals surface area (Å²) in [6, 6.07) is 12.8. The van der Waals surface area contributed by atoms with Crippen LogP contribution >= 0.6 is 0 Å². The molecule has 5 rings (SSSR count). The van der Waals surface area contributed by atoms with Crippen LogP contribution in [0.3, 0.4) is 0 Å². The maximum atomic E-state index is 14.3. The molecule has 1 aliphatic heterocycles. The van der Waals surface area contributed by atoms with Gasteiger partial charge < -0.3 is 19.7 Å². The zero-order valence-electron chi connectivity index (χ0n) is 25.9. The molecule has 44 heavy (non-hydrogen) atoms. The lowest BCUT2D eigenvalue weighted by Gasteiger charge is -2.47. The summed E-state index contributed by atoms with van der Waals surface area (Å²) < 4.78 is 40.7. The van der Waals surface area contributed by atoms with E-state index in [2.05, 4.69) is 40.8 Å². The zero-order valence-corrected chi connectivity index (χ0v) is 26.7. The molecule has 2 N–H and O–H groups in total. The van der Waals surface area contributed by atoms with Crippen LogP contribution in [0.15, 0.2) is 53.4 Å². The quantitative estimate of drug-likeness (QED) is 0.411. The Morgan fingerprint density at radius 3 is 2.43 bits per heavy atom. The highest BCUT2D eigenvalue weighted by Gasteiger charge is 2.42. The summed E-state index contributed by atoms with van der Waals surface area (Å²) in [6.45, 7) is 10.3. The van der Waals surface area contributed by atoms with Crippen molar-refractivity contribution >= 4 is 28.0 Å². The summed E-state index contributed by atoms with van der Waals surface area (Å²) >= 11 is 0. The van der Waals surface area contributed by atoms with E-state index in [9.17, 15) is 18.0 Å². The van der Waals surface area contributed by atoms with Crippen LogP contribution in [0, 0.1) is 19.3 Å². The molecule has 1 aromatic heterocycles. The number of methoxy groups -OCH3 is 1. The number of anilines is 1. The lowest BCUT2D eigenvalue weighted by Crippen LogP contribution is -2.59. The Hall–Kier alpha value is -4.19. The summed E-state index contributed by atoms with van der Waals surface area (Å²) in [5, 5.41) is 2.81. The number of aromatic nitrogens is 2. The largest absolute Gasteiger partial charge is 0.475 e. The fourth-order valence-corrected chi connectivity index (χ4v) is 6.92. The number of hydrogen-bond donors (Lipinski definition) is 2. The number of carbonyl (C=O) groups excluding carboxylic acids is 2. The standard InChI is InChI=1S/C32H39N5O6S/c1-19-9-7-10-20(2)28(19)26-16-27-35-30(34-26)36-44(40,41)25-12-8-11-21(13-25)29(38)37(24(18-43-27)17-32(3,4)5)23-14-22(15-23)33-31(39)42-6/h7-13,16,22-24H,14-15,17-18H2,1-6H3,(H,33,39)(H,34,35,36)/t22-,23+,24-/m1/s1. The molecule has 12 heteroatoms. The molecule has 2 amide bonds. The fraction of sp³-hybridized carbons (Fsp3) is 0.438. The van der Waals surface area contributed by atoms with Crippen LogP contribution in [0.2, 0.25) is 0 Å². The van der Waals surface area contributed by atoms with Gasteiger partial charge in [-0.05, 0) is 67.9 Å². The molecule has 0 radical (unpaired) electrons. The first-order chi connectivity index (χ1) is 20.7. The first kappa shape index (κ1) is 31.2. The van der Waals surface area contributed by atoms with Crippen LogP contribution in [-0.2, 0) is 14.8 Å². The molecule has 2 aromatic carbocycles. The Kier molecular flexibility index (Phi) is 8.57. The predicted octanol–water partition coefficient (Wildman–Crippen LogP) is 5.09. The Morgan fingerprint density at radius 1 is 1.09 bits per heavy atom. The van der Waals surface area contributed by atoms with Crippen molar-refractivity contribution in [1.82, 2.24) is 20.2 Å². The monoisotopic (exact) mass is 621 g/mol. The number of benzene rings is 2. The average Bonchev–Trinajstić information content (AvgIpc) is 2.93. The molecule has 2 heterocycles. The van der Waals surface area contributed by atoms with E-state index < -0.39 is 16.1 Å². The van der Waals surface area contributed by atoms with Gasteiger partial charge in [-0.1, -0.05) is 45.0 Å². The molecule has 0 spiro atoms. The minimum absolute atomic E-state index is 0.0858. The molecule has 4 bridgehead atoms. The van der Waals surface area contributed by atoms with Crippen molar-refractivity contribution in [2.45, 2.75) is 76.9 Å². The van der Waals surface area contributed by atoms with Gasteiger partial charge in [0.15, 0.2) is 0 Å². The SMILES string of the molecule is COC(=O)N[C@H]1C[C@@H](N2C(=O)c3cccc(c3)S(=O)(=O)Nc3nc(cc(-c4c(C)cccc4C)n3)OC[C@H]2CC(C)(C)C)C1. The third-order valence-electron chi connectivity index (χ3n) is 7.97. The highest BCUT2D eigenvalue weighted by Crippen LogP contribution is 2.35. The second-order valence-electron chi connectivity index (χ2n) is 12.7. The molecule has 1 aliphatic carbocycles. The summed E-state index contributed by atoms with van der Waals surface area (Å²) in [5.74, 6) is -0.253. The van der Waals surface area contributed by atoms with Gasteiger partial charge in [0.1, 0.15) is 6.61 Å². The minimum atomic E-state index is -4.16. The number of carbonyl (C=O) groups is 2. The van der Waals surface area contributed by atoms with Gasteiger partial charge in [0, 0.05) is 29.3 Å². The number of nitrogens with one attached hydrogen (secondary N) is 2. The number of aryl methyl sites for hydroxylation is 2. The fourth-order valence-electron chi connectivity index (χ4n) is 5.93. The maximum Gasteiger partial charge on any atom is 0.407 e. The summed E-state index contributed by atoms with van der Waals surface area (Å²) in [6.07, 6.45) is 1.12. The number of ether oxygens (including phenoxy) is 2. The number of hydrogen-bond acceptors (Lipinski definition) is 8. The second kappa shape index (κ2) is 12.1. The van der Waals surface area contributed by atoms with Crippen molar-refractivity contribution in [3.05, 3.63) is 65.2 Å². The molecular formula is C32H39N5O6S. The lowest BCUT2D eigenvalue weighted by molar-refractivity contribution is 0.0167. The lowest BCUT2D eigenvalue weighted by atomic mass is 9.81. The first-order valence-electron chi connectivity index (χ1n) is 14.6. The van der Waals surface area contributed by atoms with Crippen molar-refractivity contribution < 1.29 is 27.5 Å². The van der Waals surface area contributed by atoms with Gasteiger partial charge >= 0.3 is 6.09 Å². The van der Waals surface area contributed by atoms with E-state index in [1.165, 1.54) is 19.2 Å². The molecule has 11 nitrogen and oxygen atoms in total. The maximum absolute atomic E-state index is 14.3. The highest BCUT2D eigenvalue weighted by molar-refractivity contribution is 7.92. The van der Waals surface area contributed by atoms with Crippen molar-refractivity contribution in [2.75, 3.05) is 18.4 Å². The topological polar surface area (TPSA) is 140 Å². The van der Waals surface area contributed by atoms with E-state index in [0.29, 0.717) is 25.0 Å². The molecule has 1 saturated carbocycles. The Morgan fingerprint density at radius 2 is 1.77 bits per heavy atom. The van der Waals surface area contributed by atoms with E-state index in [1.807, 2.05) is 32.0 Å². The Balaban J connectivity index is 1.62. The van der Waals surface area contributed by atoms with Crippen LogP contribution in [-0.4, -0.2) is 67.1 Å². The first-order valence-corrected chi connectivity index (χ1v) is 16.1. The van der Waals surface area contributed by atoms with Crippen LogP contribution in [0.5, 0.6) is 5.88 Å². The predicted molar refractivity (Wildman–Crippen MR) is 166 cm³/mol. The van der Waals surface area contributed by atoms with E-state index in [4.69, 9.17) is 9.47 Å². The van der Waals surface area contributed by atoms with E-state index in [1.54, 1.807) is 23.1 Å². The summed E-state index contributed by atoms with van der Waals surface area (Å²) in [7, 11) is -2.85. The Labute approximate surface area is 258 Å². The van der Waals surface area contributed by atoms with Gasteiger partial charge in [-0.25, -0.2) is 22.9 Å². The zero-order chi connectivity index (χ0) is 31.8. The number of fused-ring (bicyclic) bond motifs is 4. The van der Waals surface area contributed by atoms with Crippen LogP contribution < -0.4 is 14.8 Å². The van der Waals surface area contributed by atoms with E-state index in [-0.39, 0.29) is 58.3 Å². The van der Waals surface area contributed by atoms with Gasteiger partial charge in [0.2, 0.25) is 11.8 Å². The molecule has 0 unspecified atom stereocenters. The third kappa shape index (κ3) is 6.80. The number of sulfonamides is 1. The molecular weight excluding hydrogens is 582 g/mol. The molecule has 1 fully saturated rings. The summed E-state index contributed by atoms with van der Waals surface area (Å²) in [4.78, 5) is 36.8. The Bertz CT molecular complexity index is 1660. The van der Waals surface area contributed by atoms with E-state index >= 15 is 0 Å². The third-order valence-corrected chi connectivity index (χ3v) is 9.30. The van der Waals surface area contributed by atoms with Gasteiger partial charge in [0.05, 0.1) is 23.7 Å². The number of nitrogens with zero attached hydrogens (tertiary/aromatic N) is 3. The van der Waals surface area contributed by atoms with Crippen LogP contribution in [0.4, 0.5) is 10.7 Å². The van der Waals surface area contributed by atoms with Crippen LogP contribution in [0.1, 0.15) is 61.5 Å². The molecule has 0 saturated heterocycles. The van der Waals surface area contributed by atoms with Crippen molar-refractivity contribution in [1.29, 1.82) is 0 Å². The highest BCUT2D eigenvalue weighted by atomic mass is 32.2. The number of alkyl carbamates (subject to hydrolysis) is 1. The van der Waals surface area contributed by atoms with Gasteiger partial charge in [-0.3, -0.25) is 4.79 Å². The molecule has 2 aliphatic rings. The van der Waals surface area contributed by atoms with Crippen molar-refractivity contribution in [3.8, 4) is 17.1 Å². The normalized spacial score (nSPS) is 21.4. The molecule has 234 valence electrons. The van der Waals surface area contributed by atoms with Gasteiger partial charge in [-0.15, -0.1) is 0 Å². The minimum Gasteiger partial charge on any atom is -0.475 e.